The summed E-state index contributed by atoms with van der Waals surface area (Å²) in [6.07, 6.45) is 25.3. The van der Waals surface area contributed by atoms with Crippen LogP contribution in [0.3, 0.4) is 0 Å². The molecular formula is C47H66N2. The summed E-state index contributed by atoms with van der Waals surface area (Å²) in [6.45, 7) is 9.11. The van der Waals surface area contributed by atoms with Gasteiger partial charge in [0.1, 0.15) is 0 Å². The van der Waals surface area contributed by atoms with Crippen molar-refractivity contribution >= 4 is 11.4 Å². The molecule has 0 spiro atoms. The van der Waals surface area contributed by atoms with Crippen LogP contribution in [0.1, 0.15) is 152 Å². The van der Waals surface area contributed by atoms with E-state index < -0.39 is 0 Å². The summed E-state index contributed by atoms with van der Waals surface area (Å²) in [6, 6.07) is 26.3. The Morgan fingerprint density at radius 3 is 0.837 bits per heavy atom. The predicted octanol–water partition coefficient (Wildman–Crippen LogP) is 12.9. The van der Waals surface area contributed by atoms with Crippen molar-refractivity contribution in [3.8, 4) is 0 Å². The van der Waals surface area contributed by atoms with Crippen LogP contribution in [0.25, 0.3) is 0 Å². The highest BCUT2D eigenvalue weighted by atomic mass is 14.5. The van der Waals surface area contributed by atoms with E-state index in [2.05, 4.69) is 76.2 Å². The molecule has 0 saturated carbocycles. The summed E-state index contributed by atoms with van der Waals surface area (Å²) in [4.78, 5) is 0. The van der Waals surface area contributed by atoms with Crippen LogP contribution < -0.4 is 11.5 Å². The van der Waals surface area contributed by atoms with E-state index in [0.717, 1.165) is 24.2 Å². The SMILES string of the molecule is Cc1cc(CCCCCCCCCCCCCCCCCc2cc(C)c(Cc3ccc(N)cc3)c(C)c2)cc(C)c1Cc1ccc(N)cc1. The molecule has 0 bridgehead atoms. The third-order valence-electron chi connectivity index (χ3n) is 10.7. The van der Waals surface area contributed by atoms with Crippen molar-refractivity contribution < 1.29 is 0 Å². The fraction of sp³-hybridized carbons (Fsp3) is 0.489. The second-order valence-electron chi connectivity index (χ2n) is 15.1. The number of aryl methyl sites for hydroxylation is 6. The van der Waals surface area contributed by atoms with Gasteiger partial charge in [-0.2, -0.15) is 0 Å². The first-order valence-corrected chi connectivity index (χ1v) is 19.7. The number of hydrogen-bond donors (Lipinski definition) is 2. The molecule has 0 aromatic heterocycles. The smallest absolute Gasteiger partial charge is 0.0314 e. The highest BCUT2D eigenvalue weighted by Gasteiger charge is 2.09. The molecule has 49 heavy (non-hydrogen) atoms. The second-order valence-corrected chi connectivity index (χ2v) is 15.1. The Balaban J connectivity index is 0.947. The van der Waals surface area contributed by atoms with Crippen molar-refractivity contribution in [3.63, 3.8) is 0 Å². The zero-order chi connectivity index (χ0) is 34.8. The minimum absolute atomic E-state index is 0.835. The lowest BCUT2D eigenvalue weighted by Gasteiger charge is -2.13. The molecule has 4 aromatic rings. The van der Waals surface area contributed by atoms with Crippen LogP contribution in [-0.2, 0) is 25.7 Å². The second kappa shape index (κ2) is 20.9. The molecule has 0 fully saturated rings. The number of nitrogen functional groups attached to an aromatic ring is 2. The van der Waals surface area contributed by atoms with Gasteiger partial charge in [0, 0.05) is 11.4 Å². The Morgan fingerprint density at radius 2 is 0.571 bits per heavy atom. The van der Waals surface area contributed by atoms with Gasteiger partial charge in [-0.25, -0.2) is 0 Å². The van der Waals surface area contributed by atoms with Crippen molar-refractivity contribution in [1.29, 1.82) is 0 Å². The molecule has 0 aliphatic rings. The average molecular weight is 659 g/mol. The van der Waals surface area contributed by atoms with E-state index in [0.29, 0.717) is 0 Å². The lowest BCUT2D eigenvalue weighted by molar-refractivity contribution is 0.530. The Morgan fingerprint density at radius 1 is 0.327 bits per heavy atom. The molecule has 4 rings (SSSR count). The molecule has 2 heteroatoms. The van der Waals surface area contributed by atoms with Gasteiger partial charge >= 0.3 is 0 Å². The van der Waals surface area contributed by atoms with E-state index in [1.54, 1.807) is 0 Å². The van der Waals surface area contributed by atoms with Crippen LogP contribution >= 0.6 is 0 Å². The first kappa shape index (κ1) is 38.3. The lowest BCUT2D eigenvalue weighted by atomic mass is 9.92. The van der Waals surface area contributed by atoms with E-state index in [-0.39, 0.29) is 0 Å². The summed E-state index contributed by atoms with van der Waals surface area (Å²) < 4.78 is 0. The topological polar surface area (TPSA) is 52.0 Å². The van der Waals surface area contributed by atoms with Crippen LogP contribution in [0.15, 0.2) is 72.8 Å². The average Bonchev–Trinajstić information content (AvgIpc) is 3.07. The maximum Gasteiger partial charge on any atom is 0.0314 e. The summed E-state index contributed by atoms with van der Waals surface area (Å²) in [5.74, 6) is 0. The van der Waals surface area contributed by atoms with Crippen LogP contribution in [-0.4, -0.2) is 0 Å². The number of rotatable bonds is 22. The summed E-state index contributed by atoms with van der Waals surface area (Å²) in [5.41, 5.74) is 27.7. The van der Waals surface area contributed by atoms with Gasteiger partial charge in [0.25, 0.3) is 0 Å². The lowest BCUT2D eigenvalue weighted by Crippen LogP contribution is -1.99. The Bertz CT molecular complexity index is 1370. The van der Waals surface area contributed by atoms with Crippen molar-refractivity contribution in [3.05, 3.63) is 128 Å². The van der Waals surface area contributed by atoms with E-state index >= 15 is 0 Å². The molecule has 2 nitrogen and oxygen atoms in total. The van der Waals surface area contributed by atoms with Crippen molar-refractivity contribution in [2.45, 2.75) is 150 Å². The van der Waals surface area contributed by atoms with Gasteiger partial charge in [-0.1, -0.05) is 132 Å². The minimum Gasteiger partial charge on any atom is -0.399 e. The van der Waals surface area contributed by atoms with Gasteiger partial charge in [0.2, 0.25) is 0 Å². The summed E-state index contributed by atoms with van der Waals surface area (Å²) >= 11 is 0. The molecule has 0 saturated heterocycles. The molecule has 4 N–H and O–H groups in total. The van der Waals surface area contributed by atoms with Gasteiger partial charge in [0.15, 0.2) is 0 Å². The number of nitrogens with two attached hydrogens (primary N) is 2. The third kappa shape index (κ3) is 13.7. The van der Waals surface area contributed by atoms with Gasteiger partial charge in [-0.05, 0) is 146 Å². The molecule has 0 amide bonds. The summed E-state index contributed by atoms with van der Waals surface area (Å²) in [7, 11) is 0. The van der Waals surface area contributed by atoms with E-state index in [4.69, 9.17) is 11.5 Å². The van der Waals surface area contributed by atoms with Crippen molar-refractivity contribution in [2.24, 2.45) is 0 Å². The highest BCUT2D eigenvalue weighted by molar-refractivity contribution is 5.46. The Labute approximate surface area is 300 Å². The van der Waals surface area contributed by atoms with Gasteiger partial charge in [-0.3, -0.25) is 0 Å². The highest BCUT2D eigenvalue weighted by Crippen LogP contribution is 2.24. The minimum atomic E-state index is 0.835. The maximum atomic E-state index is 5.86. The molecule has 0 aliphatic carbocycles. The van der Waals surface area contributed by atoms with Crippen molar-refractivity contribution in [1.82, 2.24) is 0 Å². The molecular weight excluding hydrogens is 593 g/mol. The number of unbranched alkanes of at least 4 members (excludes halogenated alkanes) is 14. The maximum absolute atomic E-state index is 5.86. The number of hydrogen-bond acceptors (Lipinski definition) is 2. The normalized spacial score (nSPS) is 11.3. The Kier molecular flexibility index (Phi) is 16.3. The van der Waals surface area contributed by atoms with E-state index in [9.17, 15) is 0 Å². The van der Waals surface area contributed by atoms with E-state index in [1.807, 2.05) is 24.3 Å². The molecule has 0 atom stereocenters. The monoisotopic (exact) mass is 659 g/mol. The molecule has 0 radical (unpaired) electrons. The van der Waals surface area contributed by atoms with Gasteiger partial charge in [0.05, 0.1) is 0 Å². The molecule has 0 heterocycles. The van der Waals surface area contributed by atoms with Gasteiger partial charge in [-0.15, -0.1) is 0 Å². The van der Waals surface area contributed by atoms with E-state index in [1.165, 1.54) is 165 Å². The molecule has 0 aliphatic heterocycles. The standard InChI is InChI=1S/C47H66N2/c1-36-30-42(31-37(2)46(36)34-40-22-26-44(48)27-23-40)20-18-16-14-12-10-8-6-5-7-9-11-13-15-17-19-21-43-32-38(3)47(39(4)33-43)35-41-24-28-45(49)29-25-41/h22-33H,5-21,34-35,48-49H2,1-4H3. The van der Waals surface area contributed by atoms with Crippen LogP contribution in [0, 0.1) is 27.7 Å². The molecule has 264 valence electrons. The zero-order valence-corrected chi connectivity index (χ0v) is 31.5. The quantitative estimate of drug-likeness (QED) is 0.0652. The first-order chi connectivity index (χ1) is 23.8. The number of benzene rings is 4. The third-order valence-corrected chi connectivity index (χ3v) is 10.7. The zero-order valence-electron chi connectivity index (χ0n) is 31.5. The molecule has 4 aromatic carbocycles. The van der Waals surface area contributed by atoms with Crippen LogP contribution in [0.4, 0.5) is 11.4 Å². The van der Waals surface area contributed by atoms with Crippen molar-refractivity contribution in [2.75, 3.05) is 11.5 Å². The Hall–Kier alpha value is -3.52. The van der Waals surface area contributed by atoms with Crippen LogP contribution in [0.5, 0.6) is 0 Å². The number of anilines is 2. The van der Waals surface area contributed by atoms with Crippen LogP contribution in [0.2, 0.25) is 0 Å². The predicted molar refractivity (Wildman–Crippen MR) is 216 cm³/mol. The molecule has 0 unspecified atom stereocenters. The summed E-state index contributed by atoms with van der Waals surface area (Å²) in [5, 5.41) is 0. The first-order valence-electron chi connectivity index (χ1n) is 19.7. The largest absolute Gasteiger partial charge is 0.399 e. The fourth-order valence-corrected chi connectivity index (χ4v) is 7.65. The van der Waals surface area contributed by atoms with Gasteiger partial charge < -0.3 is 11.5 Å². The fourth-order valence-electron chi connectivity index (χ4n) is 7.65.